The van der Waals surface area contributed by atoms with Crippen molar-refractivity contribution in [3.8, 4) is 33.9 Å². The normalized spacial score (nSPS) is 12.7. The third-order valence-electron chi connectivity index (χ3n) is 8.33. The Kier molecular flexibility index (Phi) is 5.16. The highest BCUT2D eigenvalue weighted by Crippen LogP contribution is 2.52. The first kappa shape index (κ1) is 23.9. The quantitative estimate of drug-likeness (QED) is 0.167. The zero-order valence-electron chi connectivity index (χ0n) is 23.6. The molecule has 2 nitrogen and oxygen atoms in total. The van der Waals surface area contributed by atoms with Crippen LogP contribution < -0.4 is 9.30 Å². The van der Waals surface area contributed by atoms with Crippen LogP contribution in [0.2, 0.25) is 0 Å². The van der Waals surface area contributed by atoms with Gasteiger partial charge in [0, 0.05) is 17.0 Å². The summed E-state index contributed by atoms with van der Waals surface area (Å²) in [6.07, 6.45) is 3.26. The average molecular weight is 509 g/mol. The molecule has 2 heterocycles. The van der Waals surface area contributed by atoms with Crippen LogP contribution in [0, 0.1) is 19.3 Å². The van der Waals surface area contributed by atoms with Gasteiger partial charge in [0.05, 0.1) is 10.9 Å². The molecule has 6 aromatic rings. The van der Waals surface area contributed by atoms with E-state index in [4.69, 9.17) is 4.74 Å². The van der Waals surface area contributed by atoms with Crippen LogP contribution in [0.25, 0.3) is 54.7 Å². The van der Waals surface area contributed by atoms with Gasteiger partial charge in [0.2, 0.25) is 5.69 Å². The van der Waals surface area contributed by atoms with Gasteiger partial charge in [0.1, 0.15) is 18.5 Å². The molecule has 2 heteroatoms. The molecule has 0 saturated carbocycles. The minimum Gasteiger partial charge on any atom is -0.455 e. The second-order valence-corrected chi connectivity index (χ2v) is 12.4. The topological polar surface area (TPSA) is 13.1 Å². The lowest BCUT2D eigenvalue weighted by Gasteiger charge is -2.25. The summed E-state index contributed by atoms with van der Waals surface area (Å²) in [5.74, 6) is 1.93. The van der Waals surface area contributed by atoms with E-state index in [2.05, 4.69) is 131 Å². The van der Waals surface area contributed by atoms with Crippen LogP contribution in [-0.2, 0) is 13.5 Å². The van der Waals surface area contributed by atoms with E-state index in [0.29, 0.717) is 0 Å². The molecule has 0 spiro atoms. The predicted octanol–water partition coefficient (Wildman–Crippen LogP) is 9.62. The summed E-state index contributed by atoms with van der Waals surface area (Å²) in [7, 11) is 2.16. The highest BCUT2D eigenvalue weighted by molar-refractivity contribution is 6.16. The molecular formula is C37H34NO+. The number of hydrogen-bond acceptors (Lipinski definition) is 1. The number of hydrogen-bond donors (Lipinski definition) is 0. The molecule has 0 amide bonds. The standard InChI is InChI=1S/C37H34NO/c1-22-30-18-24(21-37(3,4)5)12-15-28(30)23(2)36-33(22)35-34-29(16-17-38(35)6)31-19-26(25-10-8-7-9-11-25)13-14-27(31)20-32(34)39-36/h7-20H,21H2,1-6H3/q+1. The highest BCUT2D eigenvalue weighted by Gasteiger charge is 2.32. The van der Waals surface area contributed by atoms with Crippen molar-refractivity contribution in [1.29, 1.82) is 0 Å². The Labute approximate surface area is 230 Å². The van der Waals surface area contributed by atoms with Crippen molar-refractivity contribution in [3.63, 3.8) is 0 Å². The molecule has 0 aliphatic carbocycles. The van der Waals surface area contributed by atoms with Gasteiger partial charge in [-0.3, -0.25) is 0 Å². The lowest BCUT2D eigenvalue weighted by Crippen LogP contribution is -2.32. The Hall–Kier alpha value is -4.17. The van der Waals surface area contributed by atoms with Crippen molar-refractivity contribution in [3.05, 3.63) is 102 Å². The fraction of sp³-hybridized carbons (Fsp3) is 0.216. The summed E-state index contributed by atoms with van der Waals surface area (Å²) in [5.41, 5.74) is 9.03. The Morgan fingerprint density at radius 1 is 0.718 bits per heavy atom. The van der Waals surface area contributed by atoms with Gasteiger partial charge < -0.3 is 4.74 Å². The maximum absolute atomic E-state index is 6.84. The van der Waals surface area contributed by atoms with Crippen molar-refractivity contribution in [2.24, 2.45) is 12.5 Å². The van der Waals surface area contributed by atoms with Crippen molar-refractivity contribution in [2.45, 2.75) is 41.0 Å². The molecule has 0 bridgehead atoms. The Morgan fingerprint density at radius 2 is 1.51 bits per heavy atom. The lowest BCUT2D eigenvalue weighted by atomic mass is 9.84. The van der Waals surface area contributed by atoms with Gasteiger partial charge in [-0.05, 0) is 81.6 Å². The fourth-order valence-electron chi connectivity index (χ4n) is 6.53. The first-order chi connectivity index (χ1) is 18.7. The minimum absolute atomic E-state index is 0.241. The molecule has 0 atom stereocenters. The molecule has 1 aromatic heterocycles. The summed E-state index contributed by atoms with van der Waals surface area (Å²) in [5, 5.41) is 7.48. The Bertz CT molecular complexity index is 1960. The van der Waals surface area contributed by atoms with Crippen LogP contribution in [-0.4, -0.2) is 0 Å². The monoisotopic (exact) mass is 508 g/mol. The Balaban J connectivity index is 1.53. The number of aryl methyl sites for hydroxylation is 3. The van der Waals surface area contributed by atoms with E-state index in [-0.39, 0.29) is 5.41 Å². The second kappa shape index (κ2) is 8.41. The van der Waals surface area contributed by atoms with Crippen LogP contribution in [0.5, 0.6) is 11.5 Å². The second-order valence-electron chi connectivity index (χ2n) is 12.4. The van der Waals surface area contributed by atoms with E-state index in [0.717, 1.165) is 17.9 Å². The summed E-state index contributed by atoms with van der Waals surface area (Å²) >= 11 is 0. The summed E-state index contributed by atoms with van der Waals surface area (Å²) in [6, 6.07) is 28.9. The van der Waals surface area contributed by atoms with Crippen molar-refractivity contribution < 1.29 is 9.30 Å². The molecule has 5 aromatic carbocycles. The van der Waals surface area contributed by atoms with E-state index in [1.165, 1.54) is 71.4 Å². The Morgan fingerprint density at radius 3 is 2.28 bits per heavy atom. The number of nitrogens with zero attached hydrogens (tertiary/aromatic N) is 1. The van der Waals surface area contributed by atoms with Gasteiger partial charge >= 0.3 is 0 Å². The zero-order valence-corrected chi connectivity index (χ0v) is 23.6. The molecule has 39 heavy (non-hydrogen) atoms. The molecule has 0 saturated heterocycles. The van der Waals surface area contributed by atoms with Crippen LogP contribution in [0.15, 0.2) is 85.1 Å². The molecule has 0 N–H and O–H groups in total. The minimum atomic E-state index is 0.241. The number of benzene rings is 5. The molecular weight excluding hydrogens is 474 g/mol. The molecule has 0 unspecified atom stereocenters. The van der Waals surface area contributed by atoms with Gasteiger partial charge in [-0.1, -0.05) is 81.4 Å². The smallest absolute Gasteiger partial charge is 0.228 e. The van der Waals surface area contributed by atoms with Crippen LogP contribution in [0.1, 0.15) is 37.5 Å². The van der Waals surface area contributed by atoms with E-state index in [1.54, 1.807) is 0 Å². The third kappa shape index (κ3) is 3.73. The van der Waals surface area contributed by atoms with Gasteiger partial charge in [0.15, 0.2) is 6.20 Å². The van der Waals surface area contributed by atoms with E-state index >= 15 is 0 Å². The first-order valence-corrected chi connectivity index (χ1v) is 13.9. The molecule has 1 aliphatic rings. The number of rotatable bonds is 2. The van der Waals surface area contributed by atoms with Crippen molar-refractivity contribution in [2.75, 3.05) is 0 Å². The number of ether oxygens (including phenoxy) is 1. The van der Waals surface area contributed by atoms with Gasteiger partial charge in [-0.15, -0.1) is 0 Å². The predicted molar refractivity (Wildman–Crippen MR) is 164 cm³/mol. The van der Waals surface area contributed by atoms with Crippen LogP contribution in [0.3, 0.4) is 0 Å². The SMILES string of the molecule is Cc1c2c(c(C)c3cc(CC(C)(C)C)ccc13)-c1c3c(cc4ccc(-c5ccccc5)cc4c3cc[n+]1C)O2. The highest BCUT2D eigenvalue weighted by atomic mass is 16.5. The number of aromatic nitrogens is 1. The third-order valence-corrected chi connectivity index (χ3v) is 8.33. The maximum atomic E-state index is 6.84. The molecule has 7 rings (SSSR count). The van der Waals surface area contributed by atoms with Crippen LogP contribution >= 0.6 is 0 Å². The molecule has 192 valence electrons. The van der Waals surface area contributed by atoms with Crippen molar-refractivity contribution in [1.82, 2.24) is 0 Å². The lowest BCUT2D eigenvalue weighted by molar-refractivity contribution is -0.659. The average Bonchev–Trinajstić information content (AvgIpc) is 2.92. The maximum Gasteiger partial charge on any atom is 0.228 e. The number of fused-ring (bicyclic) bond motifs is 5. The largest absolute Gasteiger partial charge is 0.455 e. The van der Waals surface area contributed by atoms with E-state index < -0.39 is 0 Å². The molecule has 0 radical (unpaired) electrons. The van der Waals surface area contributed by atoms with Crippen molar-refractivity contribution >= 4 is 32.3 Å². The fourth-order valence-corrected chi connectivity index (χ4v) is 6.53. The molecule has 1 aliphatic heterocycles. The van der Waals surface area contributed by atoms with Gasteiger partial charge in [0.25, 0.3) is 0 Å². The number of pyridine rings is 1. The summed E-state index contributed by atoms with van der Waals surface area (Å²) in [4.78, 5) is 0. The van der Waals surface area contributed by atoms with E-state index in [9.17, 15) is 0 Å². The van der Waals surface area contributed by atoms with Crippen LogP contribution in [0.4, 0.5) is 0 Å². The first-order valence-electron chi connectivity index (χ1n) is 13.9. The zero-order chi connectivity index (χ0) is 27.1. The molecule has 0 fully saturated rings. The van der Waals surface area contributed by atoms with Gasteiger partial charge in [-0.25, -0.2) is 4.57 Å². The van der Waals surface area contributed by atoms with Gasteiger partial charge in [-0.2, -0.15) is 0 Å². The summed E-state index contributed by atoms with van der Waals surface area (Å²) < 4.78 is 9.12. The summed E-state index contributed by atoms with van der Waals surface area (Å²) in [6.45, 7) is 11.4. The van der Waals surface area contributed by atoms with E-state index in [1.807, 2.05) is 0 Å².